The van der Waals surface area contributed by atoms with Crippen LogP contribution in [0, 0.1) is 6.92 Å². The Kier molecular flexibility index (Phi) is 3.06. The molecule has 1 N–H and O–H groups in total. The van der Waals surface area contributed by atoms with E-state index in [-0.39, 0.29) is 6.04 Å². The summed E-state index contributed by atoms with van der Waals surface area (Å²) in [6, 6.07) is 6.01. The van der Waals surface area contributed by atoms with Crippen molar-refractivity contribution in [1.29, 1.82) is 0 Å². The average Bonchev–Trinajstić information content (AvgIpc) is 2.99. The fourth-order valence-electron chi connectivity index (χ4n) is 2.18. The highest BCUT2D eigenvalue weighted by atomic mass is 35.5. The molecule has 1 aromatic carbocycles. The lowest BCUT2D eigenvalue weighted by Crippen LogP contribution is -2.14. The van der Waals surface area contributed by atoms with Crippen LogP contribution in [0.4, 0.5) is 0 Å². The summed E-state index contributed by atoms with van der Waals surface area (Å²) in [5, 5.41) is 8.02. The third kappa shape index (κ3) is 2.13. The number of halogens is 1. The minimum Gasteiger partial charge on any atom is -0.334 e. The van der Waals surface area contributed by atoms with Crippen molar-refractivity contribution in [3.05, 3.63) is 34.6 Å². The monoisotopic (exact) mass is 263 g/mol. The number of hydrogen-bond donors (Lipinski definition) is 1. The van der Waals surface area contributed by atoms with Gasteiger partial charge in [-0.05, 0) is 44.0 Å². The maximum atomic E-state index is 6.19. The third-order valence-corrected chi connectivity index (χ3v) is 3.48. The van der Waals surface area contributed by atoms with E-state index in [2.05, 4.69) is 15.5 Å². The standard InChI is InChI=1S/C13H14ClN3O/c1-8-4-5-9(10(14)7-8)13-16-12(17-18-13)11-3-2-6-15-11/h4-5,7,11,15H,2-3,6H2,1H3. The van der Waals surface area contributed by atoms with Crippen LogP contribution < -0.4 is 5.32 Å². The molecule has 0 amide bonds. The van der Waals surface area contributed by atoms with Crippen molar-refractivity contribution in [1.82, 2.24) is 15.5 Å². The van der Waals surface area contributed by atoms with Crippen molar-refractivity contribution >= 4 is 11.6 Å². The second kappa shape index (κ2) is 4.71. The van der Waals surface area contributed by atoms with E-state index >= 15 is 0 Å². The fourth-order valence-corrected chi connectivity index (χ4v) is 2.50. The van der Waals surface area contributed by atoms with Crippen LogP contribution in [0.1, 0.15) is 30.3 Å². The highest BCUT2D eigenvalue weighted by Crippen LogP contribution is 2.29. The molecule has 0 saturated carbocycles. The predicted octanol–water partition coefficient (Wildman–Crippen LogP) is 3.12. The molecule has 2 aromatic rings. The molecule has 1 aliphatic heterocycles. The summed E-state index contributed by atoms with van der Waals surface area (Å²) < 4.78 is 5.30. The first-order valence-corrected chi connectivity index (χ1v) is 6.45. The highest BCUT2D eigenvalue weighted by molar-refractivity contribution is 6.33. The molecule has 0 aliphatic carbocycles. The Labute approximate surface area is 110 Å². The largest absolute Gasteiger partial charge is 0.334 e. The molecule has 3 rings (SSSR count). The minimum atomic E-state index is 0.215. The third-order valence-electron chi connectivity index (χ3n) is 3.17. The lowest BCUT2D eigenvalue weighted by Gasteiger charge is -2.02. The zero-order chi connectivity index (χ0) is 12.5. The van der Waals surface area contributed by atoms with Gasteiger partial charge in [0.15, 0.2) is 5.82 Å². The van der Waals surface area contributed by atoms with Crippen LogP contribution in [-0.4, -0.2) is 16.7 Å². The number of hydrogen-bond acceptors (Lipinski definition) is 4. The maximum absolute atomic E-state index is 6.19. The molecule has 2 heterocycles. The first-order chi connectivity index (χ1) is 8.74. The molecule has 0 bridgehead atoms. The molecular weight excluding hydrogens is 250 g/mol. The summed E-state index contributed by atoms with van der Waals surface area (Å²) in [5.41, 5.74) is 1.90. The molecule has 1 aliphatic rings. The smallest absolute Gasteiger partial charge is 0.259 e. The van der Waals surface area contributed by atoms with Crippen molar-refractivity contribution < 1.29 is 4.52 Å². The van der Waals surface area contributed by atoms with Gasteiger partial charge in [0.05, 0.1) is 16.6 Å². The van der Waals surface area contributed by atoms with E-state index in [1.165, 1.54) is 0 Å². The number of rotatable bonds is 2. The van der Waals surface area contributed by atoms with E-state index in [0.717, 1.165) is 36.3 Å². The molecule has 1 fully saturated rings. The Hall–Kier alpha value is -1.39. The van der Waals surface area contributed by atoms with E-state index in [9.17, 15) is 0 Å². The average molecular weight is 264 g/mol. The van der Waals surface area contributed by atoms with E-state index in [1.807, 2.05) is 25.1 Å². The van der Waals surface area contributed by atoms with Gasteiger partial charge < -0.3 is 9.84 Å². The van der Waals surface area contributed by atoms with Gasteiger partial charge in [-0.2, -0.15) is 4.98 Å². The Morgan fingerprint density at radius 1 is 1.44 bits per heavy atom. The summed E-state index contributed by atoms with van der Waals surface area (Å²) in [7, 11) is 0. The van der Waals surface area contributed by atoms with Gasteiger partial charge in [0.25, 0.3) is 5.89 Å². The zero-order valence-corrected chi connectivity index (χ0v) is 10.9. The first kappa shape index (κ1) is 11.7. The number of aromatic nitrogens is 2. The molecule has 4 nitrogen and oxygen atoms in total. The van der Waals surface area contributed by atoms with Crippen molar-refractivity contribution in [2.24, 2.45) is 0 Å². The van der Waals surface area contributed by atoms with E-state index in [4.69, 9.17) is 16.1 Å². The molecule has 0 radical (unpaired) electrons. The molecule has 0 spiro atoms. The topological polar surface area (TPSA) is 51.0 Å². The Balaban J connectivity index is 1.92. The lowest BCUT2D eigenvalue weighted by atomic mass is 10.1. The van der Waals surface area contributed by atoms with Gasteiger partial charge in [0, 0.05) is 0 Å². The fraction of sp³-hybridized carbons (Fsp3) is 0.385. The zero-order valence-electron chi connectivity index (χ0n) is 10.1. The van der Waals surface area contributed by atoms with E-state index < -0.39 is 0 Å². The Morgan fingerprint density at radius 2 is 2.33 bits per heavy atom. The van der Waals surface area contributed by atoms with E-state index in [0.29, 0.717) is 10.9 Å². The molecule has 94 valence electrons. The van der Waals surface area contributed by atoms with Gasteiger partial charge >= 0.3 is 0 Å². The first-order valence-electron chi connectivity index (χ1n) is 6.07. The van der Waals surface area contributed by atoms with Crippen molar-refractivity contribution in [3.63, 3.8) is 0 Å². The maximum Gasteiger partial charge on any atom is 0.259 e. The lowest BCUT2D eigenvalue weighted by molar-refractivity contribution is 0.412. The molecule has 1 atom stereocenters. The van der Waals surface area contributed by atoms with Gasteiger partial charge in [-0.3, -0.25) is 0 Å². The molecule has 1 saturated heterocycles. The van der Waals surface area contributed by atoms with E-state index in [1.54, 1.807) is 0 Å². The number of benzene rings is 1. The van der Waals surface area contributed by atoms with Crippen LogP contribution in [0.15, 0.2) is 22.7 Å². The highest BCUT2D eigenvalue weighted by Gasteiger charge is 2.22. The normalized spacial score (nSPS) is 19.3. The van der Waals surface area contributed by atoms with Gasteiger partial charge in [-0.15, -0.1) is 0 Å². The molecule has 5 heteroatoms. The van der Waals surface area contributed by atoms with Crippen LogP contribution in [0.3, 0.4) is 0 Å². The number of nitrogens with one attached hydrogen (secondary N) is 1. The summed E-state index contributed by atoms with van der Waals surface area (Å²) in [6.45, 7) is 3.01. The molecule has 1 aromatic heterocycles. The van der Waals surface area contributed by atoms with Gasteiger partial charge in [-0.1, -0.05) is 22.8 Å². The quantitative estimate of drug-likeness (QED) is 0.904. The van der Waals surface area contributed by atoms with Crippen LogP contribution >= 0.6 is 11.6 Å². The Bertz CT molecular complexity index is 561. The summed E-state index contributed by atoms with van der Waals surface area (Å²) >= 11 is 6.19. The minimum absolute atomic E-state index is 0.215. The summed E-state index contributed by atoms with van der Waals surface area (Å²) in [4.78, 5) is 4.43. The Morgan fingerprint density at radius 3 is 3.06 bits per heavy atom. The van der Waals surface area contributed by atoms with Gasteiger partial charge in [0.2, 0.25) is 0 Å². The summed E-state index contributed by atoms with van der Waals surface area (Å²) in [5.74, 6) is 1.21. The van der Waals surface area contributed by atoms with Crippen molar-refractivity contribution in [2.45, 2.75) is 25.8 Å². The van der Waals surface area contributed by atoms with Crippen LogP contribution in [0.25, 0.3) is 11.5 Å². The second-order valence-corrected chi connectivity index (χ2v) is 5.00. The second-order valence-electron chi connectivity index (χ2n) is 4.59. The SMILES string of the molecule is Cc1ccc(-c2nc(C3CCCN3)no2)c(Cl)c1. The van der Waals surface area contributed by atoms with Crippen LogP contribution in [0.2, 0.25) is 5.02 Å². The predicted molar refractivity (Wildman–Crippen MR) is 69.5 cm³/mol. The number of nitrogens with zero attached hydrogens (tertiary/aromatic N) is 2. The van der Waals surface area contributed by atoms with Gasteiger partial charge in [-0.25, -0.2) is 0 Å². The van der Waals surface area contributed by atoms with Crippen molar-refractivity contribution in [3.8, 4) is 11.5 Å². The number of aryl methyl sites for hydroxylation is 1. The molecule has 1 unspecified atom stereocenters. The molecule has 18 heavy (non-hydrogen) atoms. The van der Waals surface area contributed by atoms with Gasteiger partial charge in [0.1, 0.15) is 0 Å². The van der Waals surface area contributed by atoms with Crippen LogP contribution in [0.5, 0.6) is 0 Å². The summed E-state index contributed by atoms with van der Waals surface area (Å²) in [6.07, 6.45) is 2.21. The van der Waals surface area contributed by atoms with Crippen LogP contribution in [-0.2, 0) is 0 Å². The molecular formula is C13H14ClN3O. The van der Waals surface area contributed by atoms with Crippen molar-refractivity contribution in [2.75, 3.05) is 6.54 Å².